The summed E-state index contributed by atoms with van der Waals surface area (Å²) in [6.07, 6.45) is 32.0. The van der Waals surface area contributed by atoms with E-state index in [-0.39, 0.29) is 36.2 Å². The van der Waals surface area contributed by atoms with Crippen molar-refractivity contribution in [3.05, 3.63) is 0 Å². The minimum Gasteiger partial charge on any atom is -0.466 e. The third kappa shape index (κ3) is 29.0. The summed E-state index contributed by atoms with van der Waals surface area (Å²) in [5.74, 6) is -0.393. The Morgan fingerprint density at radius 1 is 0.520 bits per heavy atom. The van der Waals surface area contributed by atoms with Gasteiger partial charge in [-0.05, 0) is 70.6 Å². The molecule has 0 aromatic heterocycles. The minimum absolute atomic E-state index is 0.115. The van der Waals surface area contributed by atoms with E-state index in [1.807, 2.05) is 0 Å². The molecule has 0 spiro atoms. The van der Waals surface area contributed by atoms with Crippen LogP contribution in [0.4, 0.5) is 0 Å². The van der Waals surface area contributed by atoms with Crippen molar-refractivity contribution in [2.45, 2.75) is 245 Å². The minimum atomic E-state index is -0.277. The van der Waals surface area contributed by atoms with Crippen LogP contribution in [0.2, 0.25) is 0 Å². The molecule has 1 aliphatic rings. The zero-order valence-electron chi connectivity index (χ0n) is 33.1. The summed E-state index contributed by atoms with van der Waals surface area (Å²) < 4.78 is 23.5. The SMILES string of the molecule is CCCCCCCCCC(=O)OCCCC(CCC(CCC1CCCO1)OC(=O)CCCCCCCCC)OC(=O)CCCCCCCCC. The normalized spacial score (nSPS) is 15.5. The van der Waals surface area contributed by atoms with Gasteiger partial charge >= 0.3 is 17.9 Å². The smallest absolute Gasteiger partial charge is 0.306 e. The van der Waals surface area contributed by atoms with Gasteiger partial charge < -0.3 is 18.9 Å². The predicted molar refractivity (Wildman–Crippen MR) is 205 cm³/mol. The van der Waals surface area contributed by atoms with Gasteiger partial charge in [0.15, 0.2) is 0 Å². The van der Waals surface area contributed by atoms with Crippen LogP contribution in [0.5, 0.6) is 0 Å². The van der Waals surface area contributed by atoms with Crippen molar-refractivity contribution in [1.29, 1.82) is 0 Å². The fourth-order valence-corrected chi connectivity index (χ4v) is 6.88. The van der Waals surface area contributed by atoms with Gasteiger partial charge in [0, 0.05) is 25.9 Å². The van der Waals surface area contributed by atoms with Crippen molar-refractivity contribution in [1.82, 2.24) is 0 Å². The van der Waals surface area contributed by atoms with Crippen LogP contribution in [-0.4, -0.2) is 49.4 Å². The maximum atomic E-state index is 12.9. The Hall–Kier alpha value is -1.63. The number of hydrogen-bond donors (Lipinski definition) is 0. The molecule has 0 radical (unpaired) electrons. The number of esters is 3. The van der Waals surface area contributed by atoms with Crippen LogP contribution >= 0.6 is 0 Å². The van der Waals surface area contributed by atoms with Crippen molar-refractivity contribution in [2.75, 3.05) is 13.2 Å². The molecule has 294 valence electrons. The summed E-state index contributed by atoms with van der Waals surface area (Å²) >= 11 is 0. The molecule has 0 aromatic carbocycles. The summed E-state index contributed by atoms with van der Waals surface area (Å²) in [5, 5.41) is 0. The average Bonchev–Trinajstić information content (AvgIpc) is 3.63. The summed E-state index contributed by atoms with van der Waals surface area (Å²) in [4.78, 5) is 38.1. The first kappa shape index (κ1) is 46.4. The standard InChI is InChI=1S/C43H80O7/c1-4-7-10-13-16-19-22-29-41(44)48-37-26-28-39(49-42(45)30-23-20-17-14-11-8-5-2)34-35-40(33-32-38-27-25-36-47-38)50-43(46)31-24-21-18-15-12-9-6-3/h38-40H,4-37H2,1-3H3. The lowest BCUT2D eigenvalue weighted by molar-refractivity contribution is -0.154. The van der Waals surface area contributed by atoms with E-state index >= 15 is 0 Å². The molecule has 7 nitrogen and oxygen atoms in total. The highest BCUT2D eigenvalue weighted by molar-refractivity contribution is 5.70. The maximum absolute atomic E-state index is 12.9. The number of carbonyl (C=O) groups excluding carboxylic acids is 3. The van der Waals surface area contributed by atoms with Crippen LogP contribution in [0.3, 0.4) is 0 Å². The molecule has 1 aliphatic heterocycles. The van der Waals surface area contributed by atoms with Crippen molar-refractivity contribution >= 4 is 17.9 Å². The highest BCUT2D eigenvalue weighted by Crippen LogP contribution is 2.23. The van der Waals surface area contributed by atoms with E-state index in [1.54, 1.807) is 0 Å². The van der Waals surface area contributed by atoms with Crippen molar-refractivity contribution < 1.29 is 33.3 Å². The average molecular weight is 709 g/mol. The van der Waals surface area contributed by atoms with Crippen LogP contribution in [0, 0.1) is 0 Å². The van der Waals surface area contributed by atoms with E-state index in [0.29, 0.717) is 51.6 Å². The molecule has 50 heavy (non-hydrogen) atoms. The van der Waals surface area contributed by atoms with Crippen LogP contribution < -0.4 is 0 Å². The molecule has 0 saturated carbocycles. The largest absolute Gasteiger partial charge is 0.466 e. The number of rotatable bonds is 36. The van der Waals surface area contributed by atoms with Gasteiger partial charge in [0.05, 0.1) is 12.7 Å². The number of ether oxygens (including phenoxy) is 4. The Kier molecular flexibility index (Phi) is 32.0. The molecule has 3 unspecified atom stereocenters. The molecule has 7 heteroatoms. The van der Waals surface area contributed by atoms with Gasteiger partial charge in [-0.25, -0.2) is 0 Å². The van der Waals surface area contributed by atoms with Crippen LogP contribution in [0.15, 0.2) is 0 Å². The Balaban J connectivity index is 2.60. The highest BCUT2D eigenvalue weighted by Gasteiger charge is 2.23. The molecule has 0 N–H and O–H groups in total. The summed E-state index contributed by atoms with van der Waals surface area (Å²) in [6.45, 7) is 7.83. The Morgan fingerprint density at radius 2 is 0.940 bits per heavy atom. The molecule has 1 saturated heterocycles. The van der Waals surface area contributed by atoms with E-state index in [1.165, 1.54) is 89.9 Å². The van der Waals surface area contributed by atoms with Crippen LogP contribution in [-0.2, 0) is 33.3 Å². The topological polar surface area (TPSA) is 88.1 Å². The second-order valence-electron chi connectivity index (χ2n) is 15.0. The first-order chi connectivity index (χ1) is 24.5. The second kappa shape index (κ2) is 34.5. The molecule has 0 aliphatic carbocycles. The lowest BCUT2D eigenvalue weighted by Gasteiger charge is -2.23. The molecule has 0 amide bonds. The monoisotopic (exact) mass is 709 g/mol. The molecule has 0 bridgehead atoms. The van der Waals surface area contributed by atoms with Crippen LogP contribution in [0.25, 0.3) is 0 Å². The van der Waals surface area contributed by atoms with Crippen molar-refractivity contribution in [2.24, 2.45) is 0 Å². The second-order valence-corrected chi connectivity index (χ2v) is 15.0. The number of carbonyl (C=O) groups is 3. The molecule has 1 rings (SSSR count). The quantitative estimate of drug-likeness (QED) is 0.0363. The molecule has 1 heterocycles. The van der Waals surface area contributed by atoms with Gasteiger partial charge in [-0.1, -0.05) is 136 Å². The Labute approximate surface area is 308 Å². The zero-order chi connectivity index (χ0) is 36.3. The number of unbranched alkanes of at least 4 members (excludes halogenated alkanes) is 18. The van der Waals surface area contributed by atoms with Gasteiger partial charge in [-0.3, -0.25) is 14.4 Å². The maximum Gasteiger partial charge on any atom is 0.306 e. The third-order valence-electron chi connectivity index (χ3n) is 10.1. The van der Waals surface area contributed by atoms with Gasteiger partial charge in [0.25, 0.3) is 0 Å². The predicted octanol–water partition coefficient (Wildman–Crippen LogP) is 12.3. The molecular weight excluding hydrogens is 628 g/mol. The molecule has 3 atom stereocenters. The first-order valence-electron chi connectivity index (χ1n) is 21.6. The van der Waals surface area contributed by atoms with Crippen molar-refractivity contribution in [3.63, 3.8) is 0 Å². The fraction of sp³-hybridized carbons (Fsp3) is 0.930. The van der Waals surface area contributed by atoms with Gasteiger partial charge in [-0.2, -0.15) is 0 Å². The molecule has 1 fully saturated rings. The van der Waals surface area contributed by atoms with Gasteiger partial charge in [0.1, 0.15) is 12.2 Å². The number of hydrogen-bond acceptors (Lipinski definition) is 7. The van der Waals surface area contributed by atoms with Crippen LogP contribution in [0.1, 0.15) is 226 Å². The van der Waals surface area contributed by atoms with Crippen molar-refractivity contribution in [3.8, 4) is 0 Å². The Bertz CT molecular complexity index is 794. The lowest BCUT2D eigenvalue weighted by atomic mass is 10.0. The first-order valence-corrected chi connectivity index (χ1v) is 21.6. The highest BCUT2D eigenvalue weighted by atomic mass is 16.6. The summed E-state index contributed by atoms with van der Waals surface area (Å²) in [7, 11) is 0. The zero-order valence-corrected chi connectivity index (χ0v) is 33.1. The lowest BCUT2D eigenvalue weighted by Crippen LogP contribution is -2.25. The molecule has 0 aromatic rings. The van der Waals surface area contributed by atoms with E-state index in [9.17, 15) is 14.4 Å². The van der Waals surface area contributed by atoms with E-state index < -0.39 is 0 Å². The van der Waals surface area contributed by atoms with Gasteiger partial charge in [-0.15, -0.1) is 0 Å². The molecular formula is C43H80O7. The van der Waals surface area contributed by atoms with Gasteiger partial charge in [0.2, 0.25) is 0 Å². The summed E-state index contributed by atoms with van der Waals surface area (Å²) in [6, 6.07) is 0. The van der Waals surface area contributed by atoms with E-state index in [0.717, 1.165) is 77.2 Å². The fourth-order valence-electron chi connectivity index (χ4n) is 6.88. The summed E-state index contributed by atoms with van der Waals surface area (Å²) in [5.41, 5.74) is 0. The third-order valence-corrected chi connectivity index (χ3v) is 10.1. The Morgan fingerprint density at radius 3 is 1.38 bits per heavy atom. The van der Waals surface area contributed by atoms with E-state index in [4.69, 9.17) is 18.9 Å². The van der Waals surface area contributed by atoms with E-state index in [2.05, 4.69) is 20.8 Å².